The highest BCUT2D eigenvalue weighted by atomic mass is 35.5. The second-order valence-electron chi connectivity index (χ2n) is 4.19. The zero-order valence-corrected chi connectivity index (χ0v) is 11.6. The molecule has 0 saturated heterocycles. The highest BCUT2D eigenvalue weighted by molar-refractivity contribution is 6.32. The lowest BCUT2D eigenvalue weighted by Gasteiger charge is -2.09. The Morgan fingerprint density at radius 2 is 1.84 bits per heavy atom. The molecule has 0 fully saturated rings. The summed E-state index contributed by atoms with van der Waals surface area (Å²) in [4.78, 5) is 0. The SMILES string of the molecule is CNCc1cc(-c2ccc(OC)c(Cl)c2)ccc1F. The van der Waals surface area contributed by atoms with Gasteiger partial charge >= 0.3 is 0 Å². The number of methoxy groups -OCH3 is 1. The molecule has 0 amide bonds. The standard InChI is InChI=1S/C15H15ClFNO/c1-18-9-12-7-10(3-5-14(12)17)11-4-6-15(19-2)13(16)8-11/h3-8,18H,9H2,1-2H3. The van der Waals surface area contributed by atoms with E-state index in [0.717, 1.165) is 11.1 Å². The molecular formula is C15H15ClFNO. The average molecular weight is 280 g/mol. The molecule has 0 bridgehead atoms. The van der Waals surface area contributed by atoms with Gasteiger partial charge in [0.25, 0.3) is 0 Å². The maximum Gasteiger partial charge on any atom is 0.137 e. The topological polar surface area (TPSA) is 21.3 Å². The number of ether oxygens (including phenoxy) is 1. The van der Waals surface area contributed by atoms with Crippen molar-refractivity contribution in [1.82, 2.24) is 5.32 Å². The Bertz CT molecular complexity index is 586. The van der Waals surface area contributed by atoms with Crippen LogP contribution in [0.3, 0.4) is 0 Å². The Labute approximate surface area is 117 Å². The van der Waals surface area contributed by atoms with E-state index >= 15 is 0 Å². The minimum absolute atomic E-state index is 0.210. The van der Waals surface area contributed by atoms with Gasteiger partial charge in [-0.1, -0.05) is 23.7 Å². The molecule has 0 aromatic heterocycles. The van der Waals surface area contributed by atoms with E-state index < -0.39 is 0 Å². The van der Waals surface area contributed by atoms with Crippen LogP contribution in [0.1, 0.15) is 5.56 Å². The Morgan fingerprint density at radius 3 is 2.47 bits per heavy atom. The smallest absolute Gasteiger partial charge is 0.137 e. The molecule has 2 rings (SSSR count). The van der Waals surface area contributed by atoms with E-state index in [1.54, 1.807) is 26.3 Å². The van der Waals surface area contributed by atoms with Gasteiger partial charge in [0, 0.05) is 12.1 Å². The molecule has 0 spiro atoms. The van der Waals surface area contributed by atoms with Crippen molar-refractivity contribution in [3.63, 3.8) is 0 Å². The summed E-state index contributed by atoms with van der Waals surface area (Å²) in [5.41, 5.74) is 2.49. The van der Waals surface area contributed by atoms with Crippen molar-refractivity contribution < 1.29 is 9.13 Å². The maximum atomic E-state index is 13.6. The molecule has 0 radical (unpaired) electrons. The van der Waals surface area contributed by atoms with Crippen molar-refractivity contribution in [1.29, 1.82) is 0 Å². The van der Waals surface area contributed by atoms with Crippen LogP contribution in [-0.4, -0.2) is 14.2 Å². The molecule has 0 aliphatic rings. The monoisotopic (exact) mass is 279 g/mol. The van der Waals surface area contributed by atoms with E-state index in [0.29, 0.717) is 22.9 Å². The van der Waals surface area contributed by atoms with Crippen LogP contribution >= 0.6 is 11.6 Å². The quantitative estimate of drug-likeness (QED) is 0.917. The van der Waals surface area contributed by atoms with Gasteiger partial charge in [-0.05, 0) is 42.4 Å². The Morgan fingerprint density at radius 1 is 1.16 bits per heavy atom. The van der Waals surface area contributed by atoms with Crippen LogP contribution in [0.25, 0.3) is 11.1 Å². The summed E-state index contributed by atoms with van der Waals surface area (Å²) >= 11 is 6.10. The molecule has 2 aromatic rings. The predicted octanol–water partition coefficient (Wildman–Crippen LogP) is 3.87. The number of hydrogen-bond donors (Lipinski definition) is 1. The molecular weight excluding hydrogens is 265 g/mol. The predicted molar refractivity (Wildman–Crippen MR) is 76.2 cm³/mol. The summed E-state index contributed by atoms with van der Waals surface area (Å²) in [7, 11) is 3.36. The normalized spacial score (nSPS) is 10.5. The summed E-state index contributed by atoms with van der Waals surface area (Å²) in [6.07, 6.45) is 0. The van der Waals surface area contributed by atoms with Crippen LogP contribution in [0, 0.1) is 5.82 Å². The van der Waals surface area contributed by atoms with Gasteiger partial charge < -0.3 is 10.1 Å². The number of rotatable bonds is 4. The molecule has 0 aliphatic carbocycles. The first-order chi connectivity index (χ1) is 9.15. The molecule has 2 aromatic carbocycles. The first-order valence-corrected chi connectivity index (χ1v) is 6.30. The van der Waals surface area contributed by atoms with Crippen molar-refractivity contribution in [2.45, 2.75) is 6.54 Å². The lowest BCUT2D eigenvalue weighted by atomic mass is 10.0. The zero-order chi connectivity index (χ0) is 13.8. The lowest BCUT2D eigenvalue weighted by Crippen LogP contribution is -2.07. The molecule has 19 heavy (non-hydrogen) atoms. The summed E-state index contributed by atoms with van der Waals surface area (Å²) in [5, 5.41) is 3.49. The van der Waals surface area contributed by atoms with Crippen LogP contribution in [0.5, 0.6) is 5.75 Å². The van der Waals surface area contributed by atoms with Crippen molar-refractivity contribution >= 4 is 11.6 Å². The fourth-order valence-corrected chi connectivity index (χ4v) is 2.18. The fourth-order valence-electron chi connectivity index (χ4n) is 1.93. The number of nitrogens with one attached hydrogen (secondary N) is 1. The average Bonchev–Trinajstić information content (AvgIpc) is 2.41. The van der Waals surface area contributed by atoms with E-state index in [9.17, 15) is 4.39 Å². The molecule has 4 heteroatoms. The van der Waals surface area contributed by atoms with E-state index in [2.05, 4.69) is 5.32 Å². The number of hydrogen-bond acceptors (Lipinski definition) is 2. The fraction of sp³-hybridized carbons (Fsp3) is 0.200. The highest BCUT2D eigenvalue weighted by Crippen LogP contribution is 2.30. The number of benzene rings is 2. The van der Waals surface area contributed by atoms with Gasteiger partial charge in [-0.2, -0.15) is 0 Å². The van der Waals surface area contributed by atoms with Gasteiger partial charge in [0.15, 0.2) is 0 Å². The summed E-state index contributed by atoms with van der Waals surface area (Å²) in [6, 6.07) is 10.6. The van der Waals surface area contributed by atoms with Crippen molar-refractivity contribution in [2.24, 2.45) is 0 Å². The van der Waals surface area contributed by atoms with Crippen LogP contribution in [0.4, 0.5) is 4.39 Å². The van der Waals surface area contributed by atoms with Crippen LogP contribution in [0.15, 0.2) is 36.4 Å². The van der Waals surface area contributed by atoms with Gasteiger partial charge in [0.1, 0.15) is 11.6 Å². The molecule has 0 heterocycles. The van der Waals surface area contributed by atoms with Crippen molar-refractivity contribution in [3.05, 3.63) is 52.8 Å². The van der Waals surface area contributed by atoms with Crippen LogP contribution in [0.2, 0.25) is 5.02 Å². The number of halogens is 2. The largest absolute Gasteiger partial charge is 0.495 e. The molecule has 0 aliphatic heterocycles. The van der Waals surface area contributed by atoms with Crippen molar-refractivity contribution in [2.75, 3.05) is 14.2 Å². The molecule has 1 N–H and O–H groups in total. The second kappa shape index (κ2) is 6.04. The summed E-state index contributed by atoms with van der Waals surface area (Å²) < 4.78 is 18.7. The third kappa shape index (κ3) is 3.06. The van der Waals surface area contributed by atoms with E-state index in [-0.39, 0.29) is 5.82 Å². The first kappa shape index (κ1) is 13.8. The lowest BCUT2D eigenvalue weighted by molar-refractivity contribution is 0.415. The molecule has 100 valence electrons. The van der Waals surface area contributed by atoms with Crippen LogP contribution < -0.4 is 10.1 Å². The molecule has 2 nitrogen and oxygen atoms in total. The minimum Gasteiger partial charge on any atom is -0.495 e. The highest BCUT2D eigenvalue weighted by Gasteiger charge is 2.07. The van der Waals surface area contributed by atoms with E-state index in [1.165, 1.54) is 6.07 Å². The summed E-state index contributed by atoms with van der Waals surface area (Å²) in [5.74, 6) is 0.417. The Hall–Kier alpha value is -1.58. The summed E-state index contributed by atoms with van der Waals surface area (Å²) in [6.45, 7) is 0.490. The van der Waals surface area contributed by atoms with Gasteiger partial charge in [0.05, 0.1) is 12.1 Å². The van der Waals surface area contributed by atoms with E-state index in [1.807, 2.05) is 18.2 Å². The van der Waals surface area contributed by atoms with Gasteiger partial charge in [-0.3, -0.25) is 0 Å². The van der Waals surface area contributed by atoms with Gasteiger partial charge in [0.2, 0.25) is 0 Å². The third-order valence-corrected chi connectivity index (χ3v) is 3.19. The Kier molecular flexibility index (Phi) is 4.40. The minimum atomic E-state index is -0.210. The Balaban J connectivity index is 2.41. The second-order valence-corrected chi connectivity index (χ2v) is 4.59. The molecule has 0 saturated carbocycles. The first-order valence-electron chi connectivity index (χ1n) is 5.92. The third-order valence-electron chi connectivity index (χ3n) is 2.90. The van der Waals surface area contributed by atoms with Gasteiger partial charge in [-0.15, -0.1) is 0 Å². The molecule has 0 unspecified atom stereocenters. The van der Waals surface area contributed by atoms with Crippen molar-refractivity contribution in [3.8, 4) is 16.9 Å². The maximum absolute atomic E-state index is 13.6. The van der Waals surface area contributed by atoms with Gasteiger partial charge in [-0.25, -0.2) is 4.39 Å². The zero-order valence-electron chi connectivity index (χ0n) is 10.8. The van der Waals surface area contributed by atoms with Crippen LogP contribution in [-0.2, 0) is 6.54 Å². The molecule has 0 atom stereocenters. The van der Waals surface area contributed by atoms with E-state index in [4.69, 9.17) is 16.3 Å².